The first-order valence-corrected chi connectivity index (χ1v) is 3.81. The molecule has 4 nitrogen and oxygen atoms in total. The van der Waals surface area contributed by atoms with Crippen LogP contribution in [0, 0.1) is 0 Å². The van der Waals surface area contributed by atoms with E-state index < -0.39 is 0 Å². The van der Waals surface area contributed by atoms with Crippen molar-refractivity contribution in [2.45, 2.75) is 19.9 Å². The monoisotopic (exact) mass is 167 g/mol. The van der Waals surface area contributed by atoms with Gasteiger partial charge in [-0.15, -0.1) is 0 Å². The molecule has 0 saturated carbocycles. The molecule has 0 aliphatic carbocycles. The fraction of sp³-hybridized carbons (Fsp3) is 0.375. The van der Waals surface area contributed by atoms with Crippen LogP contribution in [-0.4, -0.2) is 17.0 Å². The highest BCUT2D eigenvalue weighted by Gasteiger charge is 2.12. The molecule has 0 radical (unpaired) electrons. The number of rotatable bonds is 1. The van der Waals surface area contributed by atoms with Gasteiger partial charge in [0.15, 0.2) is 0 Å². The topological polar surface area (TPSA) is 58.4 Å². The van der Waals surface area contributed by atoms with E-state index >= 15 is 0 Å². The molecule has 0 bridgehead atoms. The van der Waals surface area contributed by atoms with E-state index in [9.17, 15) is 4.79 Å². The molecule has 0 fully saturated rings. The number of carbonyl (C=O) groups excluding carboxylic acids is 1. The number of allylic oxidation sites excluding steroid dienone is 2. The molecule has 1 aliphatic rings. The molecule has 66 valence electrons. The zero-order valence-electron chi connectivity index (χ0n) is 7.24. The van der Waals surface area contributed by atoms with Crippen LogP contribution in [0.1, 0.15) is 13.8 Å². The van der Waals surface area contributed by atoms with Gasteiger partial charge in [-0.3, -0.25) is 4.79 Å². The van der Waals surface area contributed by atoms with Gasteiger partial charge in [-0.2, -0.15) is 0 Å². The third kappa shape index (κ3) is 1.85. The lowest BCUT2D eigenvalue weighted by Gasteiger charge is -2.24. The van der Waals surface area contributed by atoms with Crippen LogP contribution in [0.4, 0.5) is 0 Å². The number of hydrazine groups is 1. The summed E-state index contributed by atoms with van der Waals surface area (Å²) in [6.45, 7) is 3.41. The number of nitrogens with two attached hydrogens (primary N) is 1. The maximum absolute atomic E-state index is 10.8. The number of carbonyl (C=O) groups is 1. The third-order valence-electron chi connectivity index (χ3n) is 1.63. The van der Waals surface area contributed by atoms with Crippen LogP contribution in [0.5, 0.6) is 0 Å². The number of hydrogen-bond acceptors (Lipinski definition) is 3. The van der Waals surface area contributed by atoms with Crippen LogP contribution in [0.3, 0.4) is 0 Å². The zero-order valence-corrected chi connectivity index (χ0v) is 7.24. The number of nitrogens with zero attached hydrogens (tertiary/aromatic N) is 1. The van der Waals surface area contributed by atoms with E-state index in [4.69, 9.17) is 5.84 Å². The van der Waals surface area contributed by atoms with Gasteiger partial charge in [0.2, 0.25) is 5.91 Å². The van der Waals surface area contributed by atoms with Crippen LogP contribution in [-0.2, 0) is 4.79 Å². The van der Waals surface area contributed by atoms with E-state index in [0.717, 1.165) is 5.01 Å². The lowest BCUT2D eigenvalue weighted by Crippen LogP contribution is -2.43. The fourth-order valence-corrected chi connectivity index (χ4v) is 0.962. The number of nitrogens with one attached hydrogen (secondary N) is 1. The molecule has 0 spiro atoms. The van der Waals surface area contributed by atoms with Crippen molar-refractivity contribution in [3.8, 4) is 0 Å². The Morgan fingerprint density at radius 3 is 2.92 bits per heavy atom. The Hall–Kier alpha value is -1.29. The van der Waals surface area contributed by atoms with Crippen LogP contribution >= 0.6 is 0 Å². The zero-order chi connectivity index (χ0) is 9.14. The summed E-state index contributed by atoms with van der Waals surface area (Å²) in [6, 6.07) is 0.218. The van der Waals surface area contributed by atoms with Gasteiger partial charge in [0.1, 0.15) is 5.82 Å². The van der Waals surface area contributed by atoms with Gasteiger partial charge in [0, 0.05) is 13.0 Å². The van der Waals surface area contributed by atoms with E-state index in [-0.39, 0.29) is 11.9 Å². The normalized spacial score (nSPS) is 21.2. The van der Waals surface area contributed by atoms with Crippen molar-refractivity contribution >= 4 is 5.91 Å². The quantitative estimate of drug-likeness (QED) is 0.331. The summed E-state index contributed by atoms with van der Waals surface area (Å²) in [5.74, 6) is 5.93. The molecule has 1 unspecified atom stereocenters. The molecule has 1 amide bonds. The molecule has 1 rings (SSSR count). The predicted octanol–water partition coefficient (Wildman–Crippen LogP) is 0.0979. The first kappa shape index (κ1) is 8.80. The molecule has 0 aromatic carbocycles. The van der Waals surface area contributed by atoms with Gasteiger partial charge in [-0.1, -0.05) is 12.2 Å². The Labute approximate surface area is 71.7 Å². The molecule has 12 heavy (non-hydrogen) atoms. The van der Waals surface area contributed by atoms with Crippen molar-refractivity contribution in [2.24, 2.45) is 5.84 Å². The minimum absolute atomic E-state index is 0.184. The molecule has 4 heteroatoms. The highest BCUT2D eigenvalue weighted by Crippen LogP contribution is 2.03. The maximum Gasteiger partial charge on any atom is 0.239 e. The first-order chi connectivity index (χ1) is 5.61. The van der Waals surface area contributed by atoms with Crippen molar-refractivity contribution in [3.63, 3.8) is 0 Å². The molecule has 1 atom stereocenters. The second-order valence-electron chi connectivity index (χ2n) is 2.76. The Bertz CT molecular complexity index is 245. The van der Waals surface area contributed by atoms with Crippen molar-refractivity contribution < 1.29 is 4.79 Å². The minimum Gasteiger partial charge on any atom is -0.364 e. The molecule has 0 aromatic rings. The molecule has 3 N–H and O–H groups in total. The second kappa shape index (κ2) is 3.40. The average molecular weight is 167 g/mol. The summed E-state index contributed by atoms with van der Waals surface area (Å²) in [7, 11) is 0. The summed E-state index contributed by atoms with van der Waals surface area (Å²) < 4.78 is 0. The highest BCUT2D eigenvalue weighted by atomic mass is 16.2. The van der Waals surface area contributed by atoms with Gasteiger partial charge in [-0.05, 0) is 13.0 Å². The van der Waals surface area contributed by atoms with Gasteiger partial charge in [0.05, 0.1) is 0 Å². The number of hydrogen-bond donors (Lipinski definition) is 2. The lowest BCUT2D eigenvalue weighted by molar-refractivity contribution is -0.127. The minimum atomic E-state index is -0.184. The Kier molecular flexibility index (Phi) is 2.50. The van der Waals surface area contributed by atoms with Gasteiger partial charge < -0.3 is 5.32 Å². The molecular formula is C8H13N3O. The molecule has 1 aliphatic heterocycles. The Balaban J connectivity index is 2.69. The summed E-state index contributed by atoms with van der Waals surface area (Å²) in [5.41, 5.74) is 0. The highest BCUT2D eigenvalue weighted by molar-refractivity contribution is 5.74. The van der Waals surface area contributed by atoms with Gasteiger partial charge >= 0.3 is 0 Å². The average Bonchev–Trinajstić information content (AvgIpc) is 2.03. The Morgan fingerprint density at radius 2 is 2.42 bits per heavy atom. The van der Waals surface area contributed by atoms with E-state index in [1.54, 1.807) is 6.08 Å². The lowest BCUT2D eigenvalue weighted by atomic mass is 10.2. The largest absolute Gasteiger partial charge is 0.364 e. The van der Waals surface area contributed by atoms with Crippen LogP contribution in [0.25, 0.3) is 0 Å². The maximum atomic E-state index is 10.8. The SMILES string of the molecule is CC(=O)N(N)C1=CC=CC(C)N1. The van der Waals surface area contributed by atoms with Gasteiger partial charge in [-0.25, -0.2) is 10.9 Å². The van der Waals surface area contributed by atoms with Gasteiger partial charge in [0.25, 0.3) is 0 Å². The molecule has 0 aromatic heterocycles. The van der Waals surface area contributed by atoms with Crippen LogP contribution < -0.4 is 11.2 Å². The molecular weight excluding hydrogens is 154 g/mol. The van der Waals surface area contributed by atoms with Crippen LogP contribution in [0.2, 0.25) is 0 Å². The number of dihydropyridines is 1. The van der Waals surface area contributed by atoms with Crippen molar-refractivity contribution in [2.75, 3.05) is 0 Å². The van der Waals surface area contributed by atoms with E-state index in [0.29, 0.717) is 5.82 Å². The van der Waals surface area contributed by atoms with Crippen molar-refractivity contribution in [1.29, 1.82) is 0 Å². The summed E-state index contributed by atoms with van der Waals surface area (Å²) >= 11 is 0. The van der Waals surface area contributed by atoms with E-state index in [1.165, 1.54) is 6.92 Å². The Morgan fingerprint density at radius 1 is 1.75 bits per heavy atom. The summed E-state index contributed by atoms with van der Waals surface area (Å²) in [6.07, 6.45) is 5.62. The van der Waals surface area contributed by atoms with E-state index in [2.05, 4.69) is 5.32 Å². The molecule has 0 saturated heterocycles. The molecule has 1 heterocycles. The number of amides is 1. The van der Waals surface area contributed by atoms with Crippen molar-refractivity contribution in [1.82, 2.24) is 10.3 Å². The van der Waals surface area contributed by atoms with E-state index in [1.807, 2.05) is 19.1 Å². The van der Waals surface area contributed by atoms with Crippen molar-refractivity contribution in [3.05, 3.63) is 24.0 Å². The first-order valence-electron chi connectivity index (χ1n) is 3.81. The smallest absolute Gasteiger partial charge is 0.239 e. The van der Waals surface area contributed by atoms with Crippen LogP contribution in [0.15, 0.2) is 24.0 Å². The summed E-state index contributed by atoms with van der Waals surface area (Å²) in [5, 5.41) is 4.15. The second-order valence-corrected chi connectivity index (χ2v) is 2.76. The summed E-state index contributed by atoms with van der Waals surface area (Å²) in [4.78, 5) is 10.8. The fourth-order valence-electron chi connectivity index (χ4n) is 0.962. The third-order valence-corrected chi connectivity index (χ3v) is 1.63. The predicted molar refractivity (Wildman–Crippen MR) is 46.5 cm³/mol. The standard InChI is InChI=1S/C8H13N3O/c1-6-4-3-5-8(10-6)11(9)7(2)12/h3-6,10H,9H2,1-2H3.